The van der Waals surface area contributed by atoms with E-state index in [1.165, 1.54) is 4.88 Å². The van der Waals surface area contributed by atoms with Crippen molar-refractivity contribution in [2.75, 3.05) is 6.61 Å². The highest BCUT2D eigenvalue weighted by molar-refractivity contribution is 7.10. The fraction of sp³-hybridized carbons (Fsp3) is 0.615. The Labute approximate surface area is 107 Å². The van der Waals surface area contributed by atoms with E-state index < -0.39 is 0 Å². The fourth-order valence-electron chi connectivity index (χ4n) is 1.87. The molecule has 0 aliphatic carbocycles. The van der Waals surface area contributed by atoms with E-state index in [0.29, 0.717) is 13.0 Å². The van der Waals surface area contributed by atoms with E-state index in [0.717, 1.165) is 6.42 Å². The van der Waals surface area contributed by atoms with Crippen molar-refractivity contribution in [2.24, 2.45) is 11.1 Å². The summed E-state index contributed by atoms with van der Waals surface area (Å²) in [5.74, 6) is -0.143. The Bertz CT molecular complexity index is 346. The van der Waals surface area contributed by atoms with Crippen LogP contribution in [0, 0.1) is 5.41 Å². The number of nitrogens with two attached hydrogens (primary N) is 1. The maximum atomic E-state index is 11.5. The Morgan fingerprint density at radius 2 is 2.29 bits per heavy atom. The molecule has 1 aromatic heterocycles. The first kappa shape index (κ1) is 14.2. The number of hydrogen-bond acceptors (Lipinski definition) is 4. The molecular weight excluding hydrogens is 234 g/mol. The summed E-state index contributed by atoms with van der Waals surface area (Å²) in [5.41, 5.74) is 6.00. The van der Waals surface area contributed by atoms with Crippen LogP contribution in [0.25, 0.3) is 0 Å². The van der Waals surface area contributed by atoms with Gasteiger partial charge in [-0.05, 0) is 30.2 Å². The van der Waals surface area contributed by atoms with Gasteiger partial charge in [0.2, 0.25) is 0 Å². The summed E-state index contributed by atoms with van der Waals surface area (Å²) in [4.78, 5) is 12.6. The maximum Gasteiger partial charge on any atom is 0.306 e. The van der Waals surface area contributed by atoms with Crippen LogP contribution in [-0.4, -0.2) is 12.6 Å². The maximum absolute atomic E-state index is 11.5. The predicted octanol–water partition coefficient (Wildman–Crippen LogP) is 3.12. The lowest BCUT2D eigenvalue weighted by Crippen LogP contribution is -2.24. The van der Waals surface area contributed by atoms with E-state index in [4.69, 9.17) is 10.5 Å². The van der Waals surface area contributed by atoms with Crippen molar-refractivity contribution in [2.45, 2.75) is 39.7 Å². The molecule has 0 spiro atoms. The number of carbonyl (C=O) groups excluding carboxylic acids is 1. The highest BCUT2D eigenvalue weighted by Crippen LogP contribution is 2.33. The molecule has 0 aromatic carbocycles. The highest BCUT2D eigenvalue weighted by Gasteiger charge is 2.26. The molecule has 0 saturated carbocycles. The summed E-state index contributed by atoms with van der Waals surface area (Å²) in [6.07, 6.45) is 1.20. The molecule has 0 fully saturated rings. The monoisotopic (exact) mass is 255 g/mol. The van der Waals surface area contributed by atoms with Gasteiger partial charge in [-0.1, -0.05) is 19.9 Å². The Hall–Kier alpha value is -0.870. The van der Waals surface area contributed by atoms with Crippen molar-refractivity contribution < 1.29 is 9.53 Å². The van der Waals surface area contributed by atoms with Crippen LogP contribution in [0.2, 0.25) is 0 Å². The Kier molecular flexibility index (Phi) is 5.15. The molecular formula is C13H21NO2S. The van der Waals surface area contributed by atoms with Crippen LogP contribution in [0.1, 0.15) is 44.5 Å². The van der Waals surface area contributed by atoms with Crippen LogP contribution >= 0.6 is 11.3 Å². The quantitative estimate of drug-likeness (QED) is 0.795. The van der Waals surface area contributed by atoms with Crippen molar-refractivity contribution >= 4 is 17.3 Å². The number of esters is 1. The molecule has 0 aliphatic rings. The molecule has 1 heterocycles. The van der Waals surface area contributed by atoms with E-state index >= 15 is 0 Å². The molecule has 1 rings (SSSR count). The molecule has 0 aliphatic heterocycles. The van der Waals surface area contributed by atoms with Crippen molar-refractivity contribution in [1.29, 1.82) is 0 Å². The normalized spacial score (nSPS) is 13.4. The molecule has 1 aromatic rings. The first-order valence-corrected chi connectivity index (χ1v) is 6.77. The number of carbonyl (C=O) groups is 1. The van der Waals surface area contributed by atoms with Crippen LogP contribution < -0.4 is 5.73 Å². The summed E-state index contributed by atoms with van der Waals surface area (Å²) < 4.78 is 4.97. The van der Waals surface area contributed by atoms with E-state index in [-0.39, 0.29) is 17.4 Å². The lowest BCUT2D eigenvalue weighted by atomic mass is 9.82. The van der Waals surface area contributed by atoms with Gasteiger partial charge in [-0.3, -0.25) is 4.79 Å². The molecule has 17 heavy (non-hydrogen) atoms. The molecule has 96 valence electrons. The van der Waals surface area contributed by atoms with Crippen molar-refractivity contribution in [3.05, 3.63) is 22.4 Å². The minimum Gasteiger partial charge on any atom is -0.466 e. The summed E-state index contributed by atoms with van der Waals surface area (Å²) in [5, 5.41) is 2.02. The Balaban J connectivity index is 2.51. The minimum atomic E-state index is -0.143. The Morgan fingerprint density at radius 1 is 1.59 bits per heavy atom. The number of ether oxygens (including phenoxy) is 1. The van der Waals surface area contributed by atoms with Gasteiger partial charge in [0, 0.05) is 10.9 Å². The molecule has 0 amide bonds. The lowest BCUT2D eigenvalue weighted by Gasteiger charge is -2.26. The third kappa shape index (κ3) is 4.88. The van der Waals surface area contributed by atoms with E-state index in [2.05, 4.69) is 13.8 Å². The second-order valence-corrected chi connectivity index (χ2v) is 5.95. The van der Waals surface area contributed by atoms with Crippen LogP contribution in [0.15, 0.2) is 17.5 Å². The summed E-state index contributed by atoms with van der Waals surface area (Å²) in [6, 6.07) is 4.04. The second kappa shape index (κ2) is 6.17. The molecule has 4 heteroatoms. The van der Waals surface area contributed by atoms with Crippen LogP contribution in [0.5, 0.6) is 0 Å². The standard InChI is InChI=1S/C13H21NO2S/c1-4-16-12(15)9-13(2,3)8-10(14)11-6-5-7-17-11/h5-7,10H,4,8-9,14H2,1-3H3. The van der Waals surface area contributed by atoms with Crippen molar-refractivity contribution in [3.63, 3.8) is 0 Å². The van der Waals surface area contributed by atoms with E-state index in [9.17, 15) is 4.79 Å². The average molecular weight is 255 g/mol. The van der Waals surface area contributed by atoms with Gasteiger partial charge in [-0.2, -0.15) is 0 Å². The van der Waals surface area contributed by atoms with Gasteiger partial charge in [0.25, 0.3) is 0 Å². The number of hydrogen-bond donors (Lipinski definition) is 1. The molecule has 1 unspecified atom stereocenters. The summed E-state index contributed by atoms with van der Waals surface area (Å²) in [7, 11) is 0. The average Bonchev–Trinajstić information content (AvgIpc) is 2.68. The van der Waals surface area contributed by atoms with Gasteiger partial charge in [-0.25, -0.2) is 0 Å². The number of rotatable bonds is 6. The van der Waals surface area contributed by atoms with Gasteiger partial charge in [-0.15, -0.1) is 11.3 Å². The molecule has 0 saturated heterocycles. The summed E-state index contributed by atoms with van der Waals surface area (Å²) in [6.45, 7) is 6.36. The zero-order valence-corrected chi connectivity index (χ0v) is 11.5. The zero-order chi connectivity index (χ0) is 12.9. The minimum absolute atomic E-state index is 0.000531. The molecule has 1 atom stereocenters. The van der Waals surface area contributed by atoms with Crippen molar-refractivity contribution in [1.82, 2.24) is 0 Å². The lowest BCUT2D eigenvalue weighted by molar-refractivity contribution is -0.145. The largest absolute Gasteiger partial charge is 0.466 e. The van der Waals surface area contributed by atoms with Gasteiger partial charge >= 0.3 is 5.97 Å². The molecule has 0 bridgehead atoms. The first-order chi connectivity index (χ1) is 7.94. The topological polar surface area (TPSA) is 52.3 Å². The molecule has 0 radical (unpaired) electrons. The highest BCUT2D eigenvalue weighted by atomic mass is 32.1. The second-order valence-electron chi connectivity index (χ2n) is 4.97. The van der Waals surface area contributed by atoms with Gasteiger partial charge in [0.1, 0.15) is 0 Å². The third-order valence-electron chi connectivity index (χ3n) is 2.61. The van der Waals surface area contributed by atoms with E-state index in [1.807, 2.05) is 24.4 Å². The van der Waals surface area contributed by atoms with Crippen LogP contribution in [-0.2, 0) is 9.53 Å². The van der Waals surface area contributed by atoms with Crippen molar-refractivity contribution in [3.8, 4) is 0 Å². The van der Waals surface area contributed by atoms with Crippen LogP contribution in [0.4, 0.5) is 0 Å². The number of thiophene rings is 1. The van der Waals surface area contributed by atoms with Gasteiger partial charge in [0.15, 0.2) is 0 Å². The third-order valence-corrected chi connectivity index (χ3v) is 3.61. The van der Waals surface area contributed by atoms with Gasteiger partial charge < -0.3 is 10.5 Å². The van der Waals surface area contributed by atoms with Gasteiger partial charge in [0.05, 0.1) is 13.0 Å². The van der Waals surface area contributed by atoms with Crippen LogP contribution in [0.3, 0.4) is 0 Å². The zero-order valence-electron chi connectivity index (χ0n) is 10.7. The fourth-order valence-corrected chi connectivity index (χ4v) is 2.60. The molecule has 2 N–H and O–H groups in total. The molecule has 3 nitrogen and oxygen atoms in total. The van der Waals surface area contributed by atoms with E-state index in [1.54, 1.807) is 11.3 Å². The SMILES string of the molecule is CCOC(=O)CC(C)(C)CC(N)c1cccs1. The first-order valence-electron chi connectivity index (χ1n) is 5.89. The smallest absolute Gasteiger partial charge is 0.306 e. The Morgan fingerprint density at radius 3 is 2.82 bits per heavy atom. The predicted molar refractivity (Wildman–Crippen MR) is 70.9 cm³/mol. The summed E-state index contributed by atoms with van der Waals surface area (Å²) >= 11 is 1.66.